The van der Waals surface area contributed by atoms with E-state index in [-0.39, 0.29) is 36.0 Å². The largest absolute Gasteiger partial charge is 0.493 e. The average Bonchev–Trinajstić information content (AvgIpc) is 3.29. The molecule has 0 radical (unpaired) electrons. The first kappa shape index (κ1) is 26.7. The van der Waals surface area contributed by atoms with Gasteiger partial charge < -0.3 is 18.6 Å². The number of rotatable bonds is 11. The molecular formula is C22H17BrCl2N4O5S. The van der Waals surface area contributed by atoms with Crippen LogP contribution < -0.4 is 19.6 Å². The van der Waals surface area contributed by atoms with Gasteiger partial charge in [-0.2, -0.15) is 5.10 Å². The Labute approximate surface area is 223 Å². The fraction of sp³-hybridized carbons (Fsp3) is 0.182. The number of aromatic nitrogens is 2. The summed E-state index contributed by atoms with van der Waals surface area (Å²) in [6.45, 7) is 0.0529. The van der Waals surface area contributed by atoms with Crippen LogP contribution in [-0.4, -0.2) is 41.8 Å². The molecule has 2 aromatic carbocycles. The lowest BCUT2D eigenvalue weighted by Gasteiger charge is -2.12. The highest BCUT2D eigenvalue weighted by Gasteiger charge is 2.13. The monoisotopic (exact) mass is 598 g/mol. The summed E-state index contributed by atoms with van der Waals surface area (Å²) in [7, 11) is 1.51. The number of thioether (sulfide) groups is 1. The second-order valence-electron chi connectivity index (χ2n) is 6.43. The van der Waals surface area contributed by atoms with Crippen molar-refractivity contribution in [3.63, 3.8) is 0 Å². The molecule has 13 heteroatoms. The Bertz CT molecular complexity index is 1270. The van der Waals surface area contributed by atoms with Crippen molar-refractivity contribution in [1.29, 1.82) is 0 Å². The molecule has 3 aromatic rings. The summed E-state index contributed by atoms with van der Waals surface area (Å²) in [5.74, 6) is 3.52. The van der Waals surface area contributed by atoms with E-state index in [9.17, 15) is 4.79 Å². The summed E-state index contributed by atoms with van der Waals surface area (Å²) in [5.41, 5.74) is 2.98. The zero-order valence-electron chi connectivity index (χ0n) is 18.1. The van der Waals surface area contributed by atoms with Crippen molar-refractivity contribution in [2.75, 3.05) is 19.5 Å². The molecule has 0 bridgehead atoms. The summed E-state index contributed by atoms with van der Waals surface area (Å²) in [4.78, 5) is 12.2. The van der Waals surface area contributed by atoms with Crippen LogP contribution in [-0.2, 0) is 11.4 Å². The van der Waals surface area contributed by atoms with Gasteiger partial charge in [-0.25, -0.2) is 5.43 Å². The first-order valence-electron chi connectivity index (χ1n) is 9.68. The number of carbonyl (C=O) groups is 1. The van der Waals surface area contributed by atoms with E-state index >= 15 is 0 Å². The first-order chi connectivity index (χ1) is 16.9. The molecule has 1 amide bonds. The third-order valence-electron chi connectivity index (χ3n) is 3.98. The lowest BCUT2D eigenvalue weighted by atomic mass is 10.2. The van der Waals surface area contributed by atoms with Gasteiger partial charge in [-0.1, -0.05) is 56.8 Å². The zero-order chi connectivity index (χ0) is 25.2. The first-order valence-corrected chi connectivity index (χ1v) is 12.2. The van der Waals surface area contributed by atoms with Crippen LogP contribution in [0.25, 0.3) is 0 Å². The van der Waals surface area contributed by atoms with Gasteiger partial charge in [0.05, 0.1) is 24.1 Å². The number of halogens is 3. The minimum atomic E-state index is -0.386. The van der Waals surface area contributed by atoms with Crippen molar-refractivity contribution < 1.29 is 23.4 Å². The molecule has 0 aliphatic carbocycles. The third-order valence-corrected chi connectivity index (χ3v) is 5.79. The summed E-state index contributed by atoms with van der Waals surface area (Å²) in [5, 5.41) is 12.8. The Balaban J connectivity index is 1.51. The summed E-state index contributed by atoms with van der Waals surface area (Å²) < 4.78 is 22.6. The number of benzene rings is 2. The minimum absolute atomic E-state index is 0.00554. The van der Waals surface area contributed by atoms with E-state index in [4.69, 9.17) is 48.3 Å². The molecule has 0 aliphatic heterocycles. The molecule has 1 N–H and O–H groups in total. The maximum atomic E-state index is 12.2. The second kappa shape index (κ2) is 13.3. The number of carbonyl (C=O) groups excluding carboxylic acids is 1. The highest BCUT2D eigenvalue weighted by atomic mass is 79.9. The Kier molecular flexibility index (Phi) is 10.1. The van der Waals surface area contributed by atoms with Crippen molar-refractivity contribution >= 4 is 63.0 Å². The predicted molar refractivity (Wildman–Crippen MR) is 137 cm³/mol. The van der Waals surface area contributed by atoms with Crippen molar-refractivity contribution in [1.82, 2.24) is 15.6 Å². The average molecular weight is 600 g/mol. The molecule has 3 rings (SSSR count). The van der Waals surface area contributed by atoms with Crippen molar-refractivity contribution in [3.05, 3.63) is 56.3 Å². The SMILES string of the molecule is C#CCOc1c(/C=N\NC(=O)CSc2nnc(COc3ccc(Cl)cc3Cl)o2)cc(Br)cc1OC. The summed E-state index contributed by atoms with van der Waals surface area (Å²) in [6.07, 6.45) is 6.70. The molecule has 1 heterocycles. The van der Waals surface area contributed by atoms with Crippen molar-refractivity contribution in [2.24, 2.45) is 5.10 Å². The van der Waals surface area contributed by atoms with Crippen LogP contribution in [0.4, 0.5) is 0 Å². The number of terminal acetylenes is 1. The third kappa shape index (κ3) is 8.07. The number of hydrazone groups is 1. The standard InChI is InChI=1S/C22H17BrCl2N4O5S/c1-3-6-32-21-13(7-14(23)8-18(21)31-2)10-26-27-19(30)12-35-22-29-28-20(34-22)11-33-17-5-4-15(24)9-16(17)25/h1,4-5,7-10H,6,11-12H2,2H3,(H,27,30)/b26-10-. The number of methoxy groups -OCH3 is 1. The van der Waals surface area contributed by atoms with E-state index in [0.717, 1.165) is 16.2 Å². The molecule has 0 atom stereocenters. The fourth-order valence-electron chi connectivity index (χ4n) is 2.52. The molecule has 1 aromatic heterocycles. The van der Waals surface area contributed by atoms with E-state index in [0.29, 0.717) is 32.9 Å². The lowest BCUT2D eigenvalue weighted by molar-refractivity contribution is -0.118. The smallest absolute Gasteiger partial charge is 0.277 e. The summed E-state index contributed by atoms with van der Waals surface area (Å²) in [6, 6.07) is 8.32. The molecule has 182 valence electrons. The molecule has 0 unspecified atom stereocenters. The van der Waals surface area contributed by atoms with Gasteiger partial charge in [-0.3, -0.25) is 4.79 Å². The molecular weight excluding hydrogens is 583 g/mol. The normalized spacial score (nSPS) is 10.7. The van der Waals surface area contributed by atoms with Crippen LogP contribution in [0.5, 0.6) is 17.2 Å². The molecule has 35 heavy (non-hydrogen) atoms. The van der Waals surface area contributed by atoms with Gasteiger partial charge >= 0.3 is 0 Å². The van der Waals surface area contributed by atoms with Gasteiger partial charge in [0.1, 0.15) is 12.4 Å². The van der Waals surface area contributed by atoms with Crippen LogP contribution in [0.3, 0.4) is 0 Å². The number of amides is 1. The molecule has 0 saturated carbocycles. The zero-order valence-corrected chi connectivity index (χ0v) is 22.0. The van der Waals surface area contributed by atoms with Gasteiger partial charge in [-0.15, -0.1) is 16.6 Å². The maximum Gasteiger partial charge on any atom is 0.277 e. The van der Waals surface area contributed by atoms with Crippen LogP contribution in [0.1, 0.15) is 11.5 Å². The highest BCUT2D eigenvalue weighted by Crippen LogP contribution is 2.34. The van der Waals surface area contributed by atoms with E-state index in [1.807, 2.05) is 0 Å². The quantitative estimate of drug-likeness (QED) is 0.142. The topological polar surface area (TPSA) is 108 Å². The van der Waals surface area contributed by atoms with Crippen LogP contribution >= 0.6 is 50.9 Å². The molecule has 0 spiro atoms. The number of nitrogens with one attached hydrogen (secondary N) is 1. The lowest BCUT2D eigenvalue weighted by Crippen LogP contribution is -2.19. The van der Waals surface area contributed by atoms with Gasteiger partial charge in [0, 0.05) is 15.1 Å². The predicted octanol–water partition coefficient (Wildman–Crippen LogP) is 4.98. The van der Waals surface area contributed by atoms with Gasteiger partial charge in [0.15, 0.2) is 18.1 Å². The highest BCUT2D eigenvalue weighted by molar-refractivity contribution is 9.10. The Morgan fingerprint density at radius 3 is 2.86 bits per heavy atom. The molecule has 0 fully saturated rings. The summed E-state index contributed by atoms with van der Waals surface area (Å²) >= 11 is 16.4. The van der Waals surface area contributed by atoms with E-state index in [1.54, 1.807) is 30.3 Å². The Morgan fingerprint density at radius 2 is 2.11 bits per heavy atom. The Morgan fingerprint density at radius 1 is 1.29 bits per heavy atom. The van der Waals surface area contributed by atoms with Crippen LogP contribution in [0.2, 0.25) is 10.0 Å². The molecule has 0 aliphatic rings. The molecule has 0 saturated heterocycles. The van der Waals surface area contributed by atoms with Crippen LogP contribution in [0, 0.1) is 12.3 Å². The Hall–Kier alpha value is -2.91. The number of ether oxygens (including phenoxy) is 3. The van der Waals surface area contributed by atoms with Gasteiger partial charge in [0.2, 0.25) is 0 Å². The fourth-order valence-corrected chi connectivity index (χ4v) is 4.02. The van der Waals surface area contributed by atoms with E-state index in [2.05, 4.69) is 42.6 Å². The van der Waals surface area contributed by atoms with Crippen molar-refractivity contribution in [2.45, 2.75) is 11.8 Å². The minimum Gasteiger partial charge on any atom is -0.493 e. The van der Waals surface area contributed by atoms with E-state index < -0.39 is 0 Å². The number of hydrogen-bond acceptors (Lipinski definition) is 9. The number of hydrogen-bond donors (Lipinski definition) is 1. The maximum absolute atomic E-state index is 12.2. The van der Waals surface area contributed by atoms with Gasteiger partial charge in [0.25, 0.3) is 17.0 Å². The molecule has 9 nitrogen and oxygen atoms in total. The van der Waals surface area contributed by atoms with Gasteiger partial charge in [-0.05, 0) is 30.3 Å². The number of nitrogens with zero attached hydrogens (tertiary/aromatic N) is 3. The van der Waals surface area contributed by atoms with Crippen LogP contribution in [0.15, 0.2) is 49.5 Å². The second-order valence-corrected chi connectivity index (χ2v) is 9.11. The van der Waals surface area contributed by atoms with E-state index in [1.165, 1.54) is 13.3 Å². The van der Waals surface area contributed by atoms with Crippen molar-refractivity contribution in [3.8, 4) is 29.6 Å².